The number of amides is 1. The minimum Gasteiger partial charge on any atom is -0.507 e. The first-order chi connectivity index (χ1) is 31.1. The molecule has 0 aliphatic carbocycles. The number of anilines is 1. The van der Waals surface area contributed by atoms with E-state index in [4.69, 9.17) is 38.4 Å². The number of aromatic hydroxyl groups is 2. The lowest BCUT2D eigenvalue weighted by molar-refractivity contribution is -0.322. The molecule has 7 bridgehead atoms. The third kappa shape index (κ3) is 8.32. The quantitative estimate of drug-likeness (QED) is 0.194. The number of esters is 1. The minimum absolute atomic E-state index is 0.0289. The number of likely N-dealkylation sites (tertiary alicyclic amines) is 1. The van der Waals surface area contributed by atoms with Crippen molar-refractivity contribution in [2.75, 3.05) is 32.1 Å². The predicted molar refractivity (Wildman–Crippen MR) is 239 cm³/mol. The van der Waals surface area contributed by atoms with Gasteiger partial charge in [0.05, 0.1) is 52.6 Å². The Morgan fingerprint density at radius 2 is 1.68 bits per heavy atom. The fraction of sp³-hybridized carbons (Fsp3) is 0.551. The molecule has 1 amide bonds. The number of rotatable bonds is 5. The van der Waals surface area contributed by atoms with Gasteiger partial charge in [0.25, 0.3) is 11.7 Å². The van der Waals surface area contributed by atoms with Crippen molar-refractivity contribution in [3.05, 3.63) is 75.7 Å². The van der Waals surface area contributed by atoms with Gasteiger partial charge >= 0.3 is 11.8 Å². The van der Waals surface area contributed by atoms with Gasteiger partial charge in [-0.25, -0.2) is 9.18 Å². The lowest BCUT2D eigenvalue weighted by Gasteiger charge is -2.48. The monoisotopic (exact) mass is 913 g/mol. The summed E-state index contributed by atoms with van der Waals surface area (Å²) >= 11 is 0. The predicted octanol–water partition coefficient (Wildman–Crippen LogP) is 6.18. The van der Waals surface area contributed by atoms with E-state index in [1.54, 1.807) is 39.8 Å². The number of phenols is 2. The number of ether oxygens (including phenoxy) is 6. The molecule has 9 rings (SSSR count). The second kappa shape index (κ2) is 17.3. The summed E-state index contributed by atoms with van der Waals surface area (Å²) in [6.07, 6.45) is 4.68. The van der Waals surface area contributed by atoms with Crippen molar-refractivity contribution >= 4 is 34.1 Å². The summed E-state index contributed by atoms with van der Waals surface area (Å²) in [5, 5.41) is 27.5. The van der Waals surface area contributed by atoms with Gasteiger partial charge in [-0.15, -0.1) is 0 Å². The van der Waals surface area contributed by atoms with Crippen molar-refractivity contribution in [3.8, 4) is 17.2 Å². The fourth-order valence-corrected chi connectivity index (χ4v) is 10.2. The molecular weight excluding hydrogens is 854 g/mol. The smallest absolute Gasteiger partial charge is 0.340 e. The van der Waals surface area contributed by atoms with E-state index < -0.39 is 88.6 Å². The van der Waals surface area contributed by atoms with E-state index in [9.17, 15) is 29.0 Å². The van der Waals surface area contributed by atoms with Crippen molar-refractivity contribution < 1.29 is 57.4 Å². The van der Waals surface area contributed by atoms with Gasteiger partial charge < -0.3 is 48.9 Å². The number of halogens is 1. The molecule has 3 aromatic rings. The number of nitrogens with zero attached hydrogens (tertiary/aromatic N) is 4. The Balaban J connectivity index is 1.29. The number of ketones is 1. The Morgan fingerprint density at radius 1 is 0.985 bits per heavy atom. The maximum atomic E-state index is 14.9. The molecule has 1 aromatic heterocycles. The Bertz CT molecular complexity index is 2680. The van der Waals surface area contributed by atoms with E-state index in [0.29, 0.717) is 31.8 Å². The number of hydrogen-bond donors (Lipinski definition) is 3. The van der Waals surface area contributed by atoms with Crippen LogP contribution >= 0.6 is 0 Å². The second-order valence-corrected chi connectivity index (χ2v) is 19.5. The number of pyridine rings is 1. The number of aromatic nitrogens is 1. The molecule has 354 valence electrons. The van der Waals surface area contributed by atoms with Crippen LogP contribution in [-0.2, 0) is 28.5 Å². The highest BCUT2D eigenvalue weighted by Gasteiger charge is 2.51. The lowest BCUT2D eigenvalue weighted by Crippen LogP contribution is -2.55. The molecule has 7 heterocycles. The Labute approximate surface area is 382 Å². The van der Waals surface area contributed by atoms with Crippen LogP contribution in [0, 0.1) is 36.4 Å². The third-order valence-electron chi connectivity index (χ3n) is 13.7. The summed E-state index contributed by atoms with van der Waals surface area (Å²) in [7, 11) is 1.47. The van der Waals surface area contributed by atoms with Crippen molar-refractivity contribution in [3.63, 3.8) is 0 Å². The molecule has 6 aliphatic heterocycles. The molecule has 1 unspecified atom stereocenters. The average molecular weight is 914 g/mol. The number of phenolic OH excluding ortho intramolecular Hbond substituents is 2. The number of piperidine rings is 1. The van der Waals surface area contributed by atoms with Crippen LogP contribution in [0.1, 0.15) is 101 Å². The maximum Gasteiger partial charge on any atom is 0.340 e. The Morgan fingerprint density at radius 3 is 2.35 bits per heavy atom. The standard InChI is InChI=1S/C49H60FN5O11/c1-23(2)22-55-15-13-49(14-16-55)53-36-33-34-39(56)27(6)43-35(33)44(58)48(10,66-43)62-17-12-31(61-11)25(4)41(63-46(60)29-19-30(50)21-51-20-29)28(7)42-26(5)32(64-47(8,9)65-42)18-24(3)45(59)52-38(40(34)57)37(36)54-49/h12,17-21,23,25-26,28,31-32,41-42,56-57H,13-16,22H2,1-11H3,(H,52,59)/b17-12+,24-18-/t25-,26-,28+,31+,32?,41-,42-,48+/m1/s1. The first-order valence-electron chi connectivity index (χ1n) is 22.6. The van der Waals surface area contributed by atoms with Gasteiger partial charge in [-0.1, -0.05) is 34.6 Å². The van der Waals surface area contributed by atoms with E-state index >= 15 is 0 Å². The molecule has 2 aromatic carbocycles. The summed E-state index contributed by atoms with van der Waals surface area (Å²) in [5.74, 6) is -7.95. The molecule has 1 spiro atoms. The number of nitrogens with one attached hydrogen (secondary N) is 1. The van der Waals surface area contributed by atoms with Crippen molar-refractivity contribution in [1.82, 2.24) is 9.88 Å². The van der Waals surface area contributed by atoms with Crippen molar-refractivity contribution in [1.29, 1.82) is 0 Å². The van der Waals surface area contributed by atoms with Crippen LogP contribution in [-0.4, -0.2) is 106 Å². The molecule has 2 fully saturated rings. The normalized spacial score (nSPS) is 30.7. The molecule has 0 radical (unpaired) electrons. The summed E-state index contributed by atoms with van der Waals surface area (Å²) in [5.41, 5.74) is -0.727. The van der Waals surface area contributed by atoms with Crippen LogP contribution in [0.2, 0.25) is 0 Å². The highest BCUT2D eigenvalue weighted by atomic mass is 19.1. The summed E-state index contributed by atoms with van der Waals surface area (Å²) < 4.78 is 52.1. The maximum absolute atomic E-state index is 14.9. The van der Waals surface area contributed by atoms with Crippen molar-refractivity contribution in [2.24, 2.45) is 33.7 Å². The SMILES string of the molecule is CO[C@H]1/C=C/O[C@@]2(C)Oc3c(C)c(O)c4c(O)c(c5c(c4c3C2=O)=NC2(CCN(CC(C)C)CC2)N=5)NC(=O)/C(C)=C\C2OC(C)(C)O[C@@H]([C@@H](C)[C@H](OC(=O)c3cncc(F)c3)[C@@H]1C)[C@@H]2C. The third-order valence-corrected chi connectivity index (χ3v) is 13.7. The van der Waals surface area contributed by atoms with E-state index in [0.717, 1.165) is 18.8 Å². The van der Waals surface area contributed by atoms with Gasteiger partial charge in [-0.2, -0.15) is 0 Å². The van der Waals surface area contributed by atoms with Crippen LogP contribution in [0.15, 0.2) is 52.4 Å². The van der Waals surface area contributed by atoms with Gasteiger partial charge in [0.2, 0.25) is 0 Å². The highest BCUT2D eigenvalue weighted by molar-refractivity contribution is 6.19. The summed E-state index contributed by atoms with van der Waals surface area (Å²) in [6, 6.07) is 1.04. The van der Waals surface area contributed by atoms with E-state index in [2.05, 4.69) is 29.0 Å². The van der Waals surface area contributed by atoms with Gasteiger partial charge in [0.1, 0.15) is 34.5 Å². The molecule has 3 N–H and O–H groups in total. The van der Waals surface area contributed by atoms with Crippen LogP contribution in [0.5, 0.6) is 17.2 Å². The summed E-state index contributed by atoms with van der Waals surface area (Å²) in [4.78, 5) is 59.6. The number of fused-ring (bicyclic) bond motifs is 7. The second-order valence-electron chi connectivity index (χ2n) is 19.5. The molecule has 16 nitrogen and oxygen atoms in total. The molecular formula is C49H60FN5O11. The largest absolute Gasteiger partial charge is 0.507 e. The zero-order valence-electron chi connectivity index (χ0n) is 39.4. The zero-order chi connectivity index (χ0) is 47.8. The number of methoxy groups -OCH3 is 1. The molecule has 8 atom stereocenters. The Hall–Kier alpha value is -5.49. The highest BCUT2D eigenvalue weighted by Crippen LogP contribution is 2.50. The number of hydrogen-bond acceptors (Lipinski definition) is 15. The van der Waals surface area contributed by atoms with Crippen LogP contribution < -0.4 is 20.8 Å². The fourth-order valence-electron chi connectivity index (χ4n) is 10.2. The molecule has 0 saturated carbocycles. The lowest BCUT2D eigenvalue weighted by atomic mass is 9.79. The number of carbonyl (C=O) groups excluding carboxylic acids is 3. The van der Waals surface area contributed by atoms with Crippen LogP contribution in [0.3, 0.4) is 0 Å². The average Bonchev–Trinajstić information content (AvgIpc) is 3.76. The summed E-state index contributed by atoms with van der Waals surface area (Å²) in [6.45, 7) is 20.3. The first-order valence-corrected chi connectivity index (χ1v) is 22.6. The van der Waals surface area contributed by atoms with Crippen molar-refractivity contribution in [2.45, 2.75) is 124 Å². The number of benzene rings is 2. The van der Waals surface area contributed by atoms with Gasteiger partial charge in [0.15, 0.2) is 17.2 Å². The van der Waals surface area contributed by atoms with Crippen LogP contribution in [0.4, 0.5) is 10.1 Å². The number of carbonyl (C=O) groups is 3. The van der Waals surface area contributed by atoms with Gasteiger partial charge in [0, 0.05) is 87.0 Å². The molecule has 17 heteroatoms. The van der Waals surface area contributed by atoms with E-state index in [1.807, 2.05) is 20.8 Å². The van der Waals surface area contributed by atoms with Gasteiger partial charge in [-0.3, -0.25) is 24.6 Å². The molecule has 6 aliphatic rings. The molecule has 66 heavy (non-hydrogen) atoms. The number of Topliss-reactive ketones (excluding diaryl/α,β-unsaturated/α-hetero) is 1. The molecule has 2 saturated heterocycles. The zero-order valence-corrected chi connectivity index (χ0v) is 39.4. The topological polar surface area (TPSA) is 200 Å². The minimum atomic E-state index is -1.98. The van der Waals surface area contributed by atoms with Crippen LogP contribution in [0.25, 0.3) is 10.8 Å². The first kappa shape index (κ1) is 47.0. The van der Waals surface area contributed by atoms with E-state index in [-0.39, 0.29) is 60.9 Å². The Kier molecular flexibility index (Phi) is 12.3. The van der Waals surface area contributed by atoms with E-state index in [1.165, 1.54) is 26.5 Å². The van der Waals surface area contributed by atoms with Gasteiger partial charge in [-0.05, 0) is 51.8 Å².